The first kappa shape index (κ1) is 17.3. The number of hydrogen-bond acceptors (Lipinski definition) is 6. The first-order valence-electron chi connectivity index (χ1n) is 7.30. The lowest BCUT2D eigenvalue weighted by Crippen LogP contribution is -2.25. The number of nitro benzene ring substituents is 1. The summed E-state index contributed by atoms with van der Waals surface area (Å²) in [5.74, 6) is -0.898. The summed E-state index contributed by atoms with van der Waals surface area (Å²) in [6.07, 6.45) is 0.501. The minimum absolute atomic E-state index is 0.0116. The molecule has 9 heteroatoms. The average molecular weight is 331 g/mol. The topological polar surface area (TPSA) is 126 Å². The Bertz CT molecular complexity index is 724. The van der Waals surface area contributed by atoms with Gasteiger partial charge in [-0.05, 0) is 38.0 Å². The zero-order valence-electron chi connectivity index (χ0n) is 13.3. The van der Waals surface area contributed by atoms with E-state index < -0.39 is 4.92 Å². The Hall–Kier alpha value is -3.10. The van der Waals surface area contributed by atoms with Crippen molar-refractivity contribution in [3.05, 3.63) is 39.9 Å². The maximum atomic E-state index is 11.8. The van der Waals surface area contributed by atoms with E-state index in [1.54, 1.807) is 26.0 Å². The smallest absolute Gasteiger partial charge is 0.269 e. The van der Waals surface area contributed by atoms with Gasteiger partial charge in [0.1, 0.15) is 0 Å². The fourth-order valence-corrected chi connectivity index (χ4v) is 2.20. The molecule has 0 radical (unpaired) electrons. The number of nitrogens with one attached hydrogen (secondary N) is 2. The van der Waals surface area contributed by atoms with Crippen LogP contribution >= 0.6 is 0 Å². The summed E-state index contributed by atoms with van der Waals surface area (Å²) in [6, 6.07) is 5.87. The second-order valence-electron chi connectivity index (χ2n) is 5.36. The second-order valence-corrected chi connectivity index (χ2v) is 5.36. The fraction of sp³-hybridized carbons (Fsp3) is 0.333. The van der Waals surface area contributed by atoms with E-state index in [9.17, 15) is 19.7 Å². The van der Waals surface area contributed by atoms with Crippen LogP contribution in [0.4, 0.5) is 5.69 Å². The maximum Gasteiger partial charge on any atom is 0.269 e. The fourth-order valence-electron chi connectivity index (χ4n) is 2.20. The normalized spacial score (nSPS) is 17.2. The lowest BCUT2D eigenvalue weighted by molar-refractivity contribution is -0.384. The molecule has 0 aliphatic carbocycles. The first-order chi connectivity index (χ1) is 11.4. The van der Waals surface area contributed by atoms with Crippen LogP contribution in [0.1, 0.15) is 32.3 Å². The van der Waals surface area contributed by atoms with Gasteiger partial charge in [-0.15, -0.1) is 0 Å². The molecule has 9 nitrogen and oxygen atoms in total. The third-order valence-corrected chi connectivity index (χ3v) is 3.67. The van der Waals surface area contributed by atoms with Gasteiger partial charge in [-0.1, -0.05) is 0 Å². The standard InChI is InChI=1S/C15H17N5O4/c1-9(11-3-5-12(6-4-11)20(23)24)16-18-14(21)8-7-13-10(2)17-19-15(13)22/h3-6,13H,7-8H2,1-2H3,(H,18,21)(H,19,22)/b16-9+/t13-/m0/s1. The van der Waals surface area contributed by atoms with Gasteiger partial charge in [-0.25, -0.2) is 10.9 Å². The molecular weight excluding hydrogens is 314 g/mol. The van der Waals surface area contributed by atoms with Crippen LogP contribution in [0.25, 0.3) is 0 Å². The number of nitrogens with zero attached hydrogens (tertiary/aromatic N) is 3. The Labute approximate surface area is 138 Å². The number of nitro groups is 1. The van der Waals surface area contributed by atoms with Crippen LogP contribution in [0.3, 0.4) is 0 Å². The van der Waals surface area contributed by atoms with Crippen molar-refractivity contribution in [2.24, 2.45) is 16.1 Å². The van der Waals surface area contributed by atoms with E-state index >= 15 is 0 Å². The monoisotopic (exact) mass is 331 g/mol. The molecule has 0 saturated carbocycles. The molecule has 0 saturated heterocycles. The summed E-state index contributed by atoms with van der Waals surface area (Å²) in [7, 11) is 0. The number of hydrazone groups is 2. The Morgan fingerprint density at radius 2 is 2.08 bits per heavy atom. The molecule has 2 N–H and O–H groups in total. The third-order valence-electron chi connectivity index (χ3n) is 3.67. The minimum atomic E-state index is -0.484. The highest BCUT2D eigenvalue weighted by Gasteiger charge is 2.26. The summed E-state index contributed by atoms with van der Waals surface area (Å²) in [5.41, 5.74) is 6.63. The van der Waals surface area contributed by atoms with Gasteiger partial charge in [0.15, 0.2) is 0 Å². The number of benzene rings is 1. The molecular formula is C15H17N5O4. The molecule has 1 heterocycles. The molecule has 1 aliphatic rings. The molecule has 1 aliphatic heterocycles. The highest BCUT2D eigenvalue weighted by molar-refractivity contribution is 6.07. The number of non-ortho nitro benzene ring substituents is 1. The van der Waals surface area contributed by atoms with Gasteiger partial charge in [0.25, 0.3) is 5.69 Å². The van der Waals surface area contributed by atoms with Crippen molar-refractivity contribution in [3.8, 4) is 0 Å². The van der Waals surface area contributed by atoms with Crippen LogP contribution in [0, 0.1) is 16.0 Å². The maximum absolute atomic E-state index is 11.8. The predicted molar refractivity (Wildman–Crippen MR) is 87.4 cm³/mol. The molecule has 1 atom stereocenters. The summed E-state index contributed by atoms with van der Waals surface area (Å²) < 4.78 is 0. The van der Waals surface area contributed by atoms with Crippen molar-refractivity contribution >= 4 is 28.9 Å². The van der Waals surface area contributed by atoms with Crippen LogP contribution in [-0.2, 0) is 9.59 Å². The van der Waals surface area contributed by atoms with E-state index in [1.807, 2.05) is 0 Å². The van der Waals surface area contributed by atoms with Gasteiger partial charge >= 0.3 is 0 Å². The number of amides is 2. The molecule has 0 fully saturated rings. The molecule has 0 aromatic heterocycles. The first-order valence-corrected chi connectivity index (χ1v) is 7.30. The van der Waals surface area contributed by atoms with Crippen LogP contribution in [0.15, 0.2) is 34.5 Å². The zero-order valence-corrected chi connectivity index (χ0v) is 13.3. The van der Waals surface area contributed by atoms with Gasteiger partial charge in [0.2, 0.25) is 11.8 Å². The van der Waals surface area contributed by atoms with E-state index in [2.05, 4.69) is 21.1 Å². The summed E-state index contributed by atoms with van der Waals surface area (Å²) in [5, 5.41) is 18.4. The van der Waals surface area contributed by atoms with Crippen LogP contribution < -0.4 is 10.9 Å². The van der Waals surface area contributed by atoms with Crippen molar-refractivity contribution in [2.75, 3.05) is 0 Å². The quantitative estimate of drug-likeness (QED) is 0.463. The lowest BCUT2D eigenvalue weighted by atomic mass is 9.99. The summed E-state index contributed by atoms with van der Waals surface area (Å²) >= 11 is 0. The van der Waals surface area contributed by atoms with Gasteiger partial charge < -0.3 is 0 Å². The second kappa shape index (κ2) is 7.44. The molecule has 2 rings (SSSR count). The van der Waals surface area contributed by atoms with E-state index in [0.29, 0.717) is 23.4 Å². The number of hydrogen-bond donors (Lipinski definition) is 2. The van der Waals surface area contributed by atoms with Gasteiger partial charge in [-0.3, -0.25) is 19.7 Å². The molecule has 1 aromatic rings. The summed E-state index contributed by atoms with van der Waals surface area (Å²) in [4.78, 5) is 33.4. The number of carbonyl (C=O) groups is 2. The van der Waals surface area contributed by atoms with Crippen molar-refractivity contribution in [2.45, 2.75) is 26.7 Å². The Morgan fingerprint density at radius 3 is 2.62 bits per heavy atom. The zero-order chi connectivity index (χ0) is 17.7. The highest BCUT2D eigenvalue weighted by atomic mass is 16.6. The van der Waals surface area contributed by atoms with Crippen molar-refractivity contribution in [3.63, 3.8) is 0 Å². The van der Waals surface area contributed by atoms with E-state index in [0.717, 1.165) is 0 Å². The molecule has 126 valence electrons. The SMILES string of the molecule is CC1=NNC(=O)[C@H]1CCC(=O)N/N=C(\C)c1ccc([N+](=O)[O-])cc1. The van der Waals surface area contributed by atoms with Gasteiger partial charge in [-0.2, -0.15) is 10.2 Å². The van der Waals surface area contributed by atoms with Gasteiger partial charge in [0.05, 0.1) is 16.6 Å². The van der Waals surface area contributed by atoms with Gasteiger partial charge in [0, 0.05) is 24.3 Å². The summed E-state index contributed by atoms with van der Waals surface area (Å²) in [6.45, 7) is 3.42. The van der Waals surface area contributed by atoms with Crippen LogP contribution in [0.2, 0.25) is 0 Å². The minimum Gasteiger partial charge on any atom is -0.273 e. The largest absolute Gasteiger partial charge is 0.273 e. The predicted octanol–water partition coefficient (Wildman–Crippen LogP) is 1.34. The lowest BCUT2D eigenvalue weighted by Gasteiger charge is -2.07. The third kappa shape index (κ3) is 4.22. The van der Waals surface area contributed by atoms with Crippen molar-refractivity contribution in [1.29, 1.82) is 0 Å². The molecule has 0 spiro atoms. The van der Waals surface area contributed by atoms with Crippen molar-refractivity contribution < 1.29 is 14.5 Å². The van der Waals surface area contributed by atoms with E-state index in [-0.39, 0.29) is 29.8 Å². The molecule has 0 bridgehead atoms. The van der Waals surface area contributed by atoms with E-state index in [4.69, 9.17) is 0 Å². The van der Waals surface area contributed by atoms with Crippen LogP contribution in [0.5, 0.6) is 0 Å². The van der Waals surface area contributed by atoms with Crippen LogP contribution in [-0.4, -0.2) is 28.2 Å². The highest BCUT2D eigenvalue weighted by Crippen LogP contribution is 2.14. The molecule has 24 heavy (non-hydrogen) atoms. The van der Waals surface area contributed by atoms with E-state index in [1.165, 1.54) is 12.1 Å². The Morgan fingerprint density at radius 1 is 1.42 bits per heavy atom. The molecule has 1 aromatic carbocycles. The Kier molecular flexibility index (Phi) is 5.35. The molecule has 0 unspecified atom stereocenters. The average Bonchev–Trinajstić information content (AvgIpc) is 2.89. The molecule has 2 amide bonds. The number of rotatable bonds is 6. The Balaban J connectivity index is 1.87. The number of carbonyl (C=O) groups excluding carboxylic acids is 2. The van der Waals surface area contributed by atoms with Crippen molar-refractivity contribution in [1.82, 2.24) is 10.9 Å².